The van der Waals surface area contributed by atoms with Crippen molar-refractivity contribution in [1.29, 1.82) is 0 Å². The molecule has 1 saturated heterocycles. The summed E-state index contributed by atoms with van der Waals surface area (Å²) in [7, 11) is -3.23. The number of likely N-dealkylation sites (tertiary alicyclic amines) is 1. The molecule has 38 heavy (non-hydrogen) atoms. The monoisotopic (exact) mass is 527 g/mol. The Morgan fingerprint density at radius 1 is 0.842 bits per heavy atom. The Balaban J connectivity index is 1.08. The summed E-state index contributed by atoms with van der Waals surface area (Å²) in [5, 5.41) is 2.21. The van der Waals surface area contributed by atoms with Crippen LogP contribution in [0.4, 0.5) is 0 Å². The second kappa shape index (κ2) is 9.89. The van der Waals surface area contributed by atoms with Crippen LogP contribution in [0.2, 0.25) is 0 Å². The van der Waals surface area contributed by atoms with Crippen LogP contribution < -0.4 is 4.74 Å². The number of hydrogen-bond donors (Lipinski definition) is 0. The normalized spacial score (nSPS) is 18.1. The Hall–Kier alpha value is -3.68. The minimum Gasteiger partial charge on any atom is -0.464 e. The molecular weight excluding hydrogens is 498 g/mol. The summed E-state index contributed by atoms with van der Waals surface area (Å²) in [5.74, 6) is 1.10. The summed E-state index contributed by atoms with van der Waals surface area (Å²) in [6, 6.07) is 26.8. The summed E-state index contributed by atoms with van der Waals surface area (Å²) in [4.78, 5) is 15.4. The van der Waals surface area contributed by atoms with Gasteiger partial charge in [0.1, 0.15) is 5.75 Å². The van der Waals surface area contributed by atoms with Crippen LogP contribution in [-0.2, 0) is 21.2 Å². The molecule has 4 aromatic carbocycles. The van der Waals surface area contributed by atoms with E-state index in [1.54, 1.807) is 12.1 Å². The molecule has 2 heterocycles. The van der Waals surface area contributed by atoms with Crippen molar-refractivity contribution >= 4 is 26.5 Å². The molecule has 0 bridgehead atoms. The highest BCUT2D eigenvalue weighted by Gasteiger charge is 2.33. The van der Waals surface area contributed by atoms with Gasteiger partial charge in [0.15, 0.2) is 9.84 Å². The number of benzene rings is 4. The maximum Gasteiger partial charge on any atom is 0.253 e. The number of hydrogen-bond acceptors (Lipinski definition) is 5. The SMILES string of the molecule is CS(=O)(=O)c1ccc(-c2ccc3c(c2)COC(C2CCN(C(=O)c4ccc5ccccc5c4)CC2)O3)cc1. The first kappa shape index (κ1) is 24.6. The fourth-order valence-corrected chi connectivity index (χ4v) is 5.95. The molecule has 0 N–H and O–H groups in total. The van der Waals surface area contributed by atoms with E-state index in [0.29, 0.717) is 24.6 Å². The Bertz CT molecular complexity index is 1610. The van der Waals surface area contributed by atoms with E-state index in [1.165, 1.54) is 6.26 Å². The van der Waals surface area contributed by atoms with Gasteiger partial charge in [-0.05, 0) is 71.1 Å². The Morgan fingerprint density at radius 2 is 1.55 bits per heavy atom. The predicted octanol–water partition coefficient (Wildman–Crippen LogP) is 5.70. The third-order valence-corrected chi connectivity index (χ3v) is 8.66. The van der Waals surface area contributed by atoms with E-state index in [1.807, 2.05) is 71.6 Å². The van der Waals surface area contributed by atoms with E-state index in [-0.39, 0.29) is 18.1 Å². The van der Waals surface area contributed by atoms with E-state index in [2.05, 4.69) is 6.07 Å². The molecule has 0 aromatic heterocycles. The van der Waals surface area contributed by atoms with Gasteiger partial charge in [0, 0.05) is 36.4 Å². The average molecular weight is 528 g/mol. The molecule has 0 radical (unpaired) electrons. The first-order valence-electron chi connectivity index (χ1n) is 12.8. The molecule has 1 atom stereocenters. The lowest BCUT2D eigenvalue weighted by Gasteiger charge is -2.37. The second-order valence-electron chi connectivity index (χ2n) is 10.1. The highest BCUT2D eigenvalue weighted by Crippen LogP contribution is 2.35. The lowest BCUT2D eigenvalue weighted by molar-refractivity contribution is -0.148. The van der Waals surface area contributed by atoms with Crippen molar-refractivity contribution in [3.63, 3.8) is 0 Å². The van der Waals surface area contributed by atoms with Gasteiger partial charge in [0.05, 0.1) is 11.5 Å². The van der Waals surface area contributed by atoms with Crippen molar-refractivity contribution in [3.8, 4) is 16.9 Å². The van der Waals surface area contributed by atoms with Crippen LogP contribution in [0.15, 0.2) is 89.8 Å². The summed E-state index contributed by atoms with van der Waals surface area (Å²) in [5.41, 5.74) is 3.61. The zero-order valence-corrected chi connectivity index (χ0v) is 22.0. The lowest BCUT2D eigenvalue weighted by Crippen LogP contribution is -2.44. The van der Waals surface area contributed by atoms with E-state index < -0.39 is 9.84 Å². The van der Waals surface area contributed by atoms with Crippen LogP contribution in [0.1, 0.15) is 28.8 Å². The molecule has 194 valence electrons. The van der Waals surface area contributed by atoms with Crippen molar-refractivity contribution in [3.05, 3.63) is 96.1 Å². The number of nitrogens with zero attached hydrogens (tertiary/aromatic N) is 1. The maximum absolute atomic E-state index is 13.1. The number of ether oxygens (including phenoxy) is 2. The van der Waals surface area contributed by atoms with E-state index in [4.69, 9.17) is 9.47 Å². The molecule has 0 saturated carbocycles. The third kappa shape index (κ3) is 4.91. The number of carbonyl (C=O) groups is 1. The number of piperidine rings is 1. The molecule has 1 amide bonds. The minimum absolute atomic E-state index is 0.0714. The second-order valence-corrected chi connectivity index (χ2v) is 12.1. The smallest absolute Gasteiger partial charge is 0.253 e. The van der Waals surface area contributed by atoms with Crippen molar-refractivity contribution in [1.82, 2.24) is 4.90 Å². The van der Waals surface area contributed by atoms with Crippen molar-refractivity contribution in [2.75, 3.05) is 19.3 Å². The minimum atomic E-state index is -3.23. The zero-order chi connectivity index (χ0) is 26.3. The van der Waals surface area contributed by atoms with Crippen LogP contribution >= 0.6 is 0 Å². The molecule has 6 rings (SSSR count). The Labute approximate surface area is 222 Å². The number of fused-ring (bicyclic) bond motifs is 2. The topological polar surface area (TPSA) is 72.9 Å². The fraction of sp³-hybridized carbons (Fsp3) is 0.258. The van der Waals surface area contributed by atoms with Gasteiger partial charge in [-0.15, -0.1) is 0 Å². The molecule has 0 aliphatic carbocycles. The number of amides is 1. The highest BCUT2D eigenvalue weighted by atomic mass is 32.2. The standard InChI is InChI=1S/C31H29NO5S/c1-38(34,35)28-11-8-22(9-12-28)25-10-13-29-27(19-25)20-36-31(37-29)23-14-16-32(17-15-23)30(33)26-7-6-21-4-2-3-5-24(21)18-26/h2-13,18-19,23,31H,14-17,20H2,1H3. The van der Waals surface area contributed by atoms with Gasteiger partial charge in [-0.25, -0.2) is 8.42 Å². The van der Waals surface area contributed by atoms with Crippen LogP contribution in [0.5, 0.6) is 5.75 Å². The Kier molecular flexibility index (Phi) is 6.41. The van der Waals surface area contributed by atoms with Crippen LogP contribution in [-0.4, -0.2) is 44.9 Å². The molecule has 4 aromatic rings. The predicted molar refractivity (Wildman–Crippen MR) is 147 cm³/mol. The van der Waals surface area contributed by atoms with E-state index in [0.717, 1.165) is 51.6 Å². The summed E-state index contributed by atoms with van der Waals surface area (Å²) in [6.07, 6.45) is 2.52. The lowest BCUT2D eigenvalue weighted by atomic mass is 9.94. The van der Waals surface area contributed by atoms with Crippen molar-refractivity contribution in [2.24, 2.45) is 5.92 Å². The summed E-state index contributed by atoms with van der Waals surface area (Å²) >= 11 is 0. The van der Waals surface area contributed by atoms with Gasteiger partial charge in [-0.2, -0.15) is 0 Å². The first-order chi connectivity index (χ1) is 18.3. The van der Waals surface area contributed by atoms with Crippen molar-refractivity contribution in [2.45, 2.75) is 30.6 Å². The molecular formula is C31H29NO5S. The van der Waals surface area contributed by atoms with Crippen LogP contribution in [0.25, 0.3) is 21.9 Å². The Morgan fingerprint density at radius 3 is 2.29 bits per heavy atom. The van der Waals surface area contributed by atoms with Gasteiger partial charge in [0.2, 0.25) is 6.29 Å². The van der Waals surface area contributed by atoms with Gasteiger partial charge in [0.25, 0.3) is 5.91 Å². The molecule has 2 aliphatic heterocycles. The summed E-state index contributed by atoms with van der Waals surface area (Å²) in [6.45, 7) is 1.80. The van der Waals surface area contributed by atoms with Crippen LogP contribution in [0.3, 0.4) is 0 Å². The molecule has 1 fully saturated rings. The molecule has 1 unspecified atom stereocenters. The van der Waals surface area contributed by atoms with Gasteiger partial charge < -0.3 is 14.4 Å². The number of rotatable bonds is 4. The molecule has 7 heteroatoms. The number of carbonyl (C=O) groups excluding carboxylic acids is 1. The summed E-state index contributed by atoms with van der Waals surface area (Å²) < 4.78 is 35.9. The maximum atomic E-state index is 13.1. The van der Waals surface area contributed by atoms with E-state index in [9.17, 15) is 13.2 Å². The molecule has 2 aliphatic rings. The van der Waals surface area contributed by atoms with Crippen LogP contribution in [0, 0.1) is 5.92 Å². The largest absolute Gasteiger partial charge is 0.464 e. The molecule has 6 nitrogen and oxygen atoms in total. The fourth-order valence-electron chi connectivity index (χ4n) is 5.32. The average Bonchev–Trinajstić information content (AvgIpc) is 2.95. The first-order valence-corrected chi connectivity index (χ1v) is 14.7. The third-order valence-electron chi connectivity index (χ3n) is 7.53. The van der Waals surface area contributed by atoms with Gasteiger partial charge in [-0.1, -0.05) is 48.5 Å². The van der Waals surface area contributed by atoms with Crippen molar-refractivity contribution < 1.29 is 22.7 Å². The molecule has 0 spiro atoms. The van der Waals surface area contributed by atoms with Gasteiger partial charge in [-0.3, -0.25) is 4.79 Å². The highest BCUT2D eigenvalue weighted by molar-refractivity contribution is 7.90. The number of sulfone groups is 1. The van der Waals surface area contributed by atoms with E-state index >= 15 is 0 Å². The van der Waals surface area contributed by atoms with Gasteiger partial charge >= 0.3 is 0 Å². The zero-order valence-electron chi connectivity index (χ0n) is 21.2. The quantitative estimate of drug-likeness (QED) is 0.341.